The molecule has 0 saturated carbocycles. The second-order valence-electron chi connectivity index (χ2n) is 3.96. The first-order chi connectivity index (χ1) is 5.43. The molecule has 0 aliphatic heterocycles. The quantitative estimate of drug-likeness (QED) is 0.348. The molecule has 0 bridgehead atoms. The van der Waals surface area contributed by atoms with Crippen LogP contribution < -0.4 is 18.9 Å². The van der Waals surface area contributed by atoms with E-state index in [-0.39, 0.29) is 18.9 Å². The van der Waals surface area contributed by atoms with Crippen LogP contribution in [0, 0.1) is 11.8 Å². The van der Waals surface area contributed by atoms with E-state index in [0.717, 1.165) is 13.1 Å². The van der Waals surface area contributed by atoms with Crippen molar-refractivity contribution in [2.45, 2.75) is 27.7 Å². The maximum atomic E-state index is 4.99. The molecule has 0 heterocycles. The Hall–Kier alpha value is 0.707. The van der Waals surface area contributed by atoms with E-state index in [1.54, 1.807) is 0 Å². The first-order valence-corrected chi connectivity index (χ1v) is 5.21. The zero-order valence-corrected chi connectivity index (χ0v) is 11.0. The van der Waals surface area contributed by atoms with Crippen LogP contribution in [0.1, 0.15) is 27.7 Å². The van der Waals surface area contributed by atoms with Crippen LogP contribution in [0.5, 0.6) is 0 Å². The Morgan fingerprint density at radius 3 is 1.62 bits per heavy atom. The molecule has 0 radical (unpaired) electrons. The van der Waals surface area contributed by atoms with Gasteiger partial charge in [-0.3, -0.25) is 0 Å². The summed E-state index contributed by atoms with van der Waals surface area (Å²) in [5, 5.41) is 0. The predicted molar refractivity (Wildman–Crippen MR) is 61.2 cm³/mol. The standard InChI is InChI=1S/C9H19NS2.Li/c1-7(2)5-10(9(11)12)6-8(3)4;/h7-8H,5-6H2,1-4H3,(H,11,12);/q;+1/p-1. The minimum atomic E-state index is 0. The van der Waals surface area contributed by atoms with Crippen molar-refractivity contribution in [3.05, 3.63) is 0 Å². The SMILES string of the molecule is CC(C)CN(CC(C)C)C(=S)[S-].[Li+]. The number of hydrogen-bond acceptors (Lipinski definition) is 2. The Balaban J connectivity index is 0. The molecule has 0 unspecified atom stereocenters. The second-order valence-corrected chi connectivity index (χ2v) is 4.99. The van der Waals surface area contributed by atoms with Gasteiger partial charge in [-0.1, -0.05) is 32.0 Å². The molecule has 0 spiro atoms. The first-order valence-electron chi connectivity index (χ1n) is 4.39. The van der Waals surface area contributed by atoms with E-state index in [2.05, 4.69) is 32.6 Å². The number of nitrogens with zero attached hydrogens (tertiary/aromatic N) is 1. The van der Waals surface area contributed by atoms with Gasteiger partial charge in [0.25, 0.3) is 0 Å². The molecule has 13 heavy (non-hydrogen) atoms. The minimum absolute atomic E-state index is 0. The molecule has 0 N–H and O–H groups in total. The molecule has 0 fully saturated rings. The van der Waals surface area contributed by atoms with Gasteiger partial charge in [-0.2, -0.15) is 0 Å². The Bertz CT molecular complexity index is 139. The van der Waals surface area contributed by atoms with Crippen molar-refractivity contribution in [3.63, 3.8) is 0 Å². The summed E-state index contributed by atoms with van der Waals surface area (Å²) in [5.41, 5.74) is 0. The summed E-state index contributed by atoms with van der Waals surface area (Å²) in [6.07, 6.45) is 0. The predicted octanol–water partition coefficient (Wildman–Crippen LogP) is -0.564. The third-order valence-electron chi connectivity index (χ3n) is 1.43. The van der Waals surface area contributed by atoms with Crippen LogP contribution >= 0.6 is 12.2 Å². The summed E-state index contributed by atoms with van der Waals surface area (Å²) in [5.74, 6) is 1.26. The second kappa shape index (κ2) is 8.05. The summed E-state index contributed by atoms with van der Waals surface area (Å²) in [6, 6.07) is 0. The van der Waals surface area contributed by atoms with Crippen LogP contribution in [-0.2, 0) is 12.6 Å². The van der Waals surface area contributed by atoms with Crippen molar-refractivity contribution in [3.8, 4) is 0 Å². The molecular formula is C9H18LiNS2. The maximum absolute atomic E-state index is 4.99. The van der Waals surface area contributed by atoms with Gasteiger partial charge in [0.15, 0.2) is 0 Å². The molecule has 0 rings (SSSR count). The smallest absolute Gasteiger partial charge is 0.411 e. The molecule has 1 nitrogen and oxygen atoms in total. The molecule has 0 aromatic heterocycles. The molecule has 72 valence electrons. The maximum Gasteiger partial charge on any atom is 1.00 e. The van der Waals surface area contributed by atoms with Gasteiger partial charge >= 0.3 is 18.9 Å². The third kappa shape index (κ3) is 9.02. The van der Waals surface area contributed by atoms with Crippen molar-refractivity contribution in [2.24, 2.45) is 11.8 Å². The molecule has 4 heteroatoms. The van der Waals surface area contributed by atoms with Crippen molar-refractivity contribution in [1.29, 1.82) is 0 Å². The van der Waals surface area contributed by atoms with Crippen molar-refractivity contribution in [1.82, 2.24) is 4.90 Å². The van der Waals surface area contributed by atoms with E-state index in [0.29, 0.717) is 16.2 Å². The Kier molecular flexibility index (Phi) is 10.0. The number of hydrogen-bond donors (Lipinski definition) is 0. The van der Waals surface area contributed by atoms with E-state index in [1.165, 1.54) is 0 Å². The summed E-state index contributed by atoms with van der Waals surface area (Å²) in [6.45, 7) is 10.7. The molecule has 0 aliphatic carbocycles. The van der Waals surface area contributed by atoms with Crippen LogP contribution in [0.3, 0.4) is 0 Å². The van der Waals surface area contributed by atoms with Crippen LogP contribution in [-0.4, -0.2) is 22.3 Å². The van der Waals surface area contributed by atoms with Gasteiger partial charge in [-0.25, -0.2) is 0 Å². The summed E-state index contributed by atoms with van der Waals surface area (Å²) < 4.78 is 0.609. The Labute approximate surface area is 105 Å². The normalized spacial score (nSPS) is 10.0. The molecule has 0 saturated heterocycles. The van der Waals surface area contributed by atoms with E-state index >= 15 is 0 Å². The summed E-state index contributed by atoms with van der Waals surface area (Å²) in [4.78, 5) is 2.11. The average Bonchev–Trinajstić information content (AvgIpc) is 1.83. The first kappa shape index (κ1) is 16.1. The molecule has 0 atom stereocenters. The van der Waals surface area contributed by atoms with Gasteiger partial charge in [0.05, 0.1) is 0 Å². The van der Waals surface area contributed by atoms with Crippen LogP contribution in [0.2, 0.25) is 0 Å². The Morgan fingerprint density at radius 2 is 1.46 bits per heavy atom. The van der Waals surface area contributed by atoms with Gasteiger partial charge in [0.2, 0.25) is 0 Å². The van der Waals surface area contributed by atoms with Gasteiger partial charge in [0.1, 0.15) is 0 Å². The zero-order chi connectivity index (χ0) is 9.72. The average molecular weight is 211 g/mol. The Morgan fingerprint density at radius 1 is 1.15 bits per heavy atom. The number of thiocarbonyl (C=S) groups is 1. The molecular weight excluding hydrogens is 193 g/mol. The van der Waals surface area contributed by atoms with E-state index in [4.69, 9.17) is 24.8 Å². The largest absolute Gasteiger partial charge is 1.00 e. The van der Waals surface area contributed by atoms with Crippen molar-refractivity contribution >= 4 is 29.2 Å². The van der Waals surface area contributed by atoms with Gasteiger partial charge in [-0.05, 0) is 11.8 Å². The third-order valence-corrected chi connectivity index (χ3v) is 1.95. The van der Waals surface area contributed by atoms with E-state index in [9.17, 15) is 0 Å². The molecule has 0 aliphatic rings. The molecule has 0 aromatic carbocycles. The monoisotopic (exact) mass is 211 g/mol. The van der Waals surface area contributed by atoms with Gasteiger partial charge in [-0.15, -0.1) is 0 Å². The minimum Gasteiger partial charge on any atom is -0.411 e. The van der Waals surface area contributed by atoms with Gasteiger partial charge < -0.3 is 29.7 Å². The van der Waals surface area contributed by atoms with Crippen LogP contribution in [0.4, 0.5) is 0 Å². The van der Waals surface area contributed by atoms with Crippen LogP contribution in [0.25, 0.3) is 0 Å². The van der Waals surface area contributed by atoms with E-state index < -0.39 is 0 Å². The van der Waals surface area contributed by atoms with Gasteiger partial charge in [0, 0.05) is 13.1 Å². The van der Waals surface area contributed by atoms with E-state index in [1.807, 2.05) is 0 Å². The fourth-order valence-corrected chi connectivity index (χ4v) is 1.40. The number of rotatable bonds is 4. The fourth-order valence-electron chi connectivity index (χ4n) is 1.11. The molecule has 0 aromatic rings. The summed E-state index contributed by atoms with van der Waals surface area (Å²) >= 11 is 9.99. The van der Waals surface area contributed by atoms with Crippen molar-refractivity contribution < 1.29 is 18.9 Å². The molecule has 0 amide bonds. The summed E-state index contributed by atoms with van der Waals surface area (Å²) in [7, 11) is 0. The zero-order valence-electron chi connectivity index (χ0n) is 9.33. The van der Waals surface area contributed by atoms with Crippen LogP contribution in [0.15, 0.2) is 0 Å². The topological polar surface area (TPSA) is 3.24 Å². The van der Waals surface area contributed by atoms with Crippen molar-refractivity contribution in [2.75, 3.05) is 13.1 Å². The fraction of sp³-hybridized carbons (Fsp3) is 0.889.